The molecular weight excluding hydrogens is 170 g/mol. The summed E-state index contributed by atoms with van der Waals surface area (Å²) in [6, 6.07) is 8.20. The zero-order chi connectivity index (χ0) is 8.81. The molecule has 0 atom stereocenters. The first kappa shape index (κ1) is 9.58. The number of ether oxygens (including phenoxy) is 1. The number of benzene rings is 1. The number of rotatable bonds is 4. The van der Waals surface area contributed by atoms with E-state index in [-0.39, 0.29) is 0 Å². The Bertz CT molecular complexity index is 222. The predicted molar refractivity (Wildman–Crippen MR) is 52.1 cm³/mol. The summed E-state index contributed by atoms with van der Waals surface area (Å²) in [7, 11) is 1.71. The van der Waals surface area contributed by atoms with Crippen LogP contribution >= 0.6 is 11.9 Å². The third-order valence-electron chi connectivity index (χ3n) is 1.65. The summed E-state index contributed by atoms with van der Waals surface area (Å²) < 4.78 is 4.97. The Morgan fingerprint density at radius 1 is 1.33 bits per heavy atom. The first-order chi connectivity index (χ1) is 5.86. The lowest BCUT2D eigenvalue weighted by molar-refractivity contribution is 0.202. The molecule has 0 heterocycles. The molecule has 2 nitrogen and oxygen atoms in total. The molecule has 66 valence electrons. The molecule has 0 aromatic heterocycles. The fourth-order valence-electron chi connectivity index (χ4n) is 0.955. The smallest absolute Gasteiger partial charge is 0.0502 e. The molecule has 1 aromatic carbocycles. The lowest BCUT2D eigenvalue weighted by Gasteiger charge is -2.00. The minimum Gasteiger partial charge on any atom is -0.384 e. The Balaban J connectivity index is 2.53. The molecular formula is C9H13NOS. The molecule has 0 unspecified atom stereocenters. The predicted octanol–water partition coefficient (Wildman–Crippen LogP) is 1.84. The molecule has 0 saturated heterocycles. The van der Waals surface area contributed by atoms with Gasteiger partial charge in [-0.15, -0.1) is 0 Å². The van der Waals surface area contributed by atoms with Gasteiger partial charge in [0.2, 0.25) is 0 Å². The SMILES string of the molecule is COCCc1ccc(SN)cc1. The second-order valence-corrected chi connectivity index (χ2v) is 3.21. The Labute approximate surface area is 77.2 Å². The van der Waals surface area contributed by atoms with Gasteiger partial charge >= 0.3 is 0 Å². The van der Waals surface area contributed by atoms with Crippen LogP contribution in [-0.2, 0) is 11.2 Å². The van der Waals surface area contributed by atoms with Gasteiger partial charge in [0.25, 0.3) is 0 Å². The van der Waals surface area contributed by atoms with E-state index in [1.165, 1.54) is 17.5 Å². The molecule has 3 heteroatoms. The Morgan fingerprint density at radius 3 is 2.50 bits per heavy atom. The van der Waals surface area contributed by atoms with Crippen LogP contribution in [-0.4, -0.2) is 13.7 Å². The van der Waals surface area contributed by atoms with Gasteiger partial charge in [-0.05, 0) is 36.1 Å². The second kappa shape index (κ2) is 5.19. The van der Waals surface area contributed by atoms with Crippen LogP contribution in [0.3, 0.4) is 0 Å². The highest BCUT2D eigenvalue weighted by Crippen LogP contribution is 2.12. The summed E-state index contributed by atoms with van der Waals surface area (Å²) in [5.74, 6) is 0. The van der Waals surface area contributed by atoms with Crippen LogP contribution < -0.4 is 5.14 Å². The van der Waals surface area contributed by atoms with E-state index < -0.39 is 0 Å². The van der Waals surface area contributed by atoms with Crippen molar-refractivity contribution in [2.45, 2.75) is 11.3 Å². The molecule has 0 bridgehead atoms. The van der Waals surface area contributed by atoms with Crippen molar-refractivity contribution >= 4 is 11.9 Å². The van der Waals surface area contributed by atoms with Gasteiger partial charge in [-0.1, -0.05) is 12.1 Å². The van der Waals surface area contributed by atoms with E-state index in [2.05, 4.69) is 12.1 Å². The molecule has 0 spiro atoms. The average Bonchev–Trinajstić information content (AvgIpc) is 2.15. The Hall–Kier alpha value is -0.510. The number of methoxy groups -OCH3 is 1. The van der Waals surface area contributed by atoms with Gasteiger partial charge in [-0.2, -0.15) is 0 Å². The van der Waals surface area contributed by atoms with Crippen LogP contribution in [0.4, 0.5) is 0 Å². The second-order valence-electron chi connectivity index (χ2n) is 2.50. The first-order valence-corrected chi connectivity index (χ1v) is 4.69. The van der Waals surface area contributed by atoms with Gasteiger partial charge < -0.3 is 4.74 Å². The highest BCUT2D eigenvalue weighted by Gasteiger charge is 1.92. The van der Waals surface area contributed by atoms with Gasteiger partial charge in [-0.3, -0.25) is 5.14 Å². The maximum Gasteiger partial charge on any atom is 0.0502 e. The van der Waals surface area contributed by atoms with E-state index in [1.54, 1.807) is 7.11 Å². The summed E-state index contributed by atoms with van der Waals surface area (Å²) in [6.07, 6.45) is 0.964. The van der Waals surface area contributed by atoms with Gasteiger partial charge in [0, 0.05) is 12.0 Å². The molecule has 0 radical (unpaired) electrons. The van der Waals surface area contributed by atoms with E-state index in [4.69, 9.17) is 9.88 Å². The summed E-state index contributed by atoms with van der Waals surface area (Å²) >= 11 is 1.27. The molecule has 12 heavy (non-hydrogen) atoms. The average molecular weight is 183 g/mol. The van der Waals surface area contributed by atoms with Crippen molar-refractivity contribution in [1.82, 2.24) is 0 Å². The first-order valence-electron chi connectivity index (χ1n) is 3.81. The minimum atomic E-state index is 0.773. The largest absolute Gasteiger partial charge is 0.384 e. The Kier molecular flexibility index (Phi) is 4.14. The molecule has 1 rings (SSSR count). The summed E-state index contributed by atoms with van der Waals surface area (Å²) in [5, 5.41) is 5.39. The number of hydrogen-bond donors (Lipinski definition) is 1. The van der Waals surface area contributed by atoms with Gasteiger partial charge in [0.15, 0.2) is 0 Å². The van der Waals surface area contributed by atoms with Crippen LogP contribution in [0.15, 0.2) is 29.2 Å². The van der Waals surface area contributed by atoms with Crippen molar-refractivity contribution in [3.63, 3.8) is 0 Å². The number of hydrogen-bond acceptors (Lipinski definition) is 3. The zero-order valence-corrected chi connectivity index (χ0v) is 7.93. The van der Waals surface area contributed by atoms with Crippen molar-refractivity contribution < 1.29 is 4.74 Å². The van der Waals surface area contributed by atoms with Crippen LogP contribution in [0, 0.1) is 0 Å². The van der Waals surface area contributed by atoms with Crippen LogP contribution in [0.2, 0.25) is 0 Å². The highest BCUT2D eigenvalue weighted by molar-refractivity contribution is 7.97. The molecule has 1 aromatic rings. The fourth-order valence-corrected chi connectivity index (χ4v) is 1.25. The molecule has 0 aliphatic carbocycles. The fraction of sp³-hybridized carbons (Fsp3) is 0.333. The van der Waals surface area contributed by atoms with Crippen molar-refractivity contribution in [2.75, 3.05) is 13.7 Å². The maximum absolute atomic E-state index is 5.39. The highest BCUT2D eigenvalue weighted by atomic mass is 32.2. The third kappa shape index (κ3) is 2.85. The summed E-state index contributed by atoms with van der Waals surface area (Å²) in [4.78, 5) is 1.09. The maximum atomic E-state index is 5.39. The lowest BCUT2D eigenvalue weighted by atomic mass is 10.2. The van der Waals surface area contributed by atoms with Gasteiger partial charge in [0.05, 0.1) is 6.61 Å². The molecule has 0 aliphatic heterocycles. The third-order valence-corrected chi connectivity index (χ3v) is 2.20. The summed E-state index contributed by atoms with van der Waals surface area (Å²) in [5.41, 5.74) is 1.29. The van der Waals surface area contributed by atoms with Gasteiger partial charge in [-0.25, -0.2) is 0 Å². The van der Waals surface area contributed by atoms with E-state index in [9.17, 15) is 0 Å². The van der Waals surface area contributed by atoms with E-state index in [1.807, 2.05) is 12.1 Å². The molecule has 2 N–H and O–H groups in total. The molecule has 0 amide bonds. The standard InChI is InChI=1S/C9H13NOS/c1-11-7-6-8-2-4-9(12-10)5-3-8/h2-5H,6-7,10H2,1H3. The van der Waals surface area contributed by atoms with Crippen molar-refractivity contribution in [3.8, 4) is 0 Å². The molecule has 0 fully saturated rings. The van der Waals surface area contributed by atoms with Crippen molar-refractivity contribution in [2.24, 2.45) is 5.14 Å². The Morgan fingerprint density at radius 2 is 2.00 bits per heavy atom. The van der Waals surface area contributed by atoms with Crippen LogP contribution in [0.1, 0.15) is 5.56 Å². The monoisotopic (exact) mass is 183 g/mol. The van der Waals surface area contributed by atoms with Crippen molar-refractivity contribution in [1.29, 1.82) is 0 Å². The van der Waals surface area contributed by atoms with Crippen LogP contribution in [0.25, 0.3) is 0 Å². The molecule has 0 aliphatic rings. The van der Waals surface area contributed by atoms with E-state index >= 15 is 0 Å². The zero-order valence-electron chi connectivity index (χ0n) is 7.12. The number of nitrogens with two attached hydrogens (primary N) is 1. The van der Waals surface area contributed by atoms with E-state index in [0.29, 0.717) is 0 Å². The lowest BCUT2D eigenvalue weighted by Crippen LogP contribution is -1.93. The normalized spacial score (nSPS) is 10.2. The summed E-state index contributed by atoms with van der Waals surface area (Å²) in [6.45, 7) is 0.773. The van der Waals surface area contributed by atoms with E-state index in [0.717, 1.165) is 17.9 Å². The molecule has 0 saturated carbocycles. The van der Waals surface area contributed by atoms with Crippen molar-refractivity contribution in [3.05, 3.63) is 29.8 Å². The van der Waals surface area contributed by atoms with Gasteiger partial charge in [0.1, 0.15) is 0 Å². The minimum absolute atomic E-state index is 0.773. The van der Waals surface area contributed by atoms with Crippen LogP contribution in [0.5, 0.6) is 0 Å². The topological polar surface area (TPSA) is 35.2 Å². The quantitative estimate of drug-likeness (QED) is 0.723.